The highest BCUT2D eigenvalue weighted by molar-refractivity contribution is 6.09. The molecule has 0 saturated carbocycles. The van der Waals surface area contributed by atoms with E-state index < -0.39 is 0 Å². The fourth-order valence-corrected chi connectivity index (χ4v) is 5.23. The van der Waals surface area contributed by atoms with Crippen LogP contribution in [0.4, 0.5) is 0 Å². The van der Waals surface area contributed by atoms with E-state index >= 15 is 0 Å². The number of hydrogen-bond acceptors (Lipinski definition) is 4. The summed E-state index contributed by atoms with van der Waals surface area (Å²) in [4.78, 5) is 16.8. The van der Waals surface area contributed by atoms with E-state index in [1.165, 1.54) is 0 Å². The van der Waals surface area contributed by atoms with Crippen molar-refractivity contribution in [2.75, 3.05) is 7.05 Å². The van der Waals surface area contributed by atoms with Gasteiger partial charge < -0.3 is 14.6 Å². The standard InChI is InChI=1S/C28H42N6/c1-12-25(23-13-18(2)26-29-19(3)16-34(26)17-23)31-21(5)20(4)30-22(6)33(11)24-14-27(7,8)32-28(9,10)15-24/h12-13,16-17,24,32H,1,14-15H2,2-11H3/b21-20+,30-22?,31-25?. The molecule has 1 saturated heterocycles. The number of pyridine rings is 1. The zero-order chi connectivity index (χ0) is 25.4. The van der Waals surface area contributed by atoms with Crippen LogP contribution in [0.3, 0.4) is 0 Å². The Morgan fingerprint density at radius 3 is 2.26 bits per heavy atom. The molecule has 0 spiro atoms. The topological polar surface area (TPSA) is 57.3 Å². The minimum absolute atomic E-state index is 0.0952. The quantitative estimate of drug-likeness (QED) is 0.449. The molecule has 2 aromatic rings. The van der Waals surface area contributed by atoms with Crippen LogP contribution in [-0.2, 0) is 0 Å². The number of rotatable bonds is 5. The second kappa shape index (κ2) is 9.49. The lowest BCUT2D eigenvalue weighted by Gasteiger charge is -2.49. The molecule has 1 N–H and O–H groups in total. The van der Waals surface area contributed by atoms with Crippen LogP contribution in [0.25, 0.3) is 5.65 Å². The Bertz CT molecular complexity index is 1160. The van der Waals surface area contributed by atoms with Gasteiger partial charge in [-0.05, 0) is 92.9 Å². The summed E-state index contributed by atoms with van der Waals surface area (Å²) < 4.78 is 2.06. The zero-order valence-electron chi connectivity index (χ0n) is 22.7. The molecular weight excluding hydrogens is 420 g/mol. The van der Waals surface area contributed by atoms with Crippen molar-refractivity contribution in [2.45, 2.75) is 92.3 Å². The van der Waals surface area contributed by atoms with Crippen LogP contribution >= 0.6 is 0 Å². The number of fused-ring (bicyclic) bond motifs is 1. The molecule has 1 fully saturated rings. The van der Waals surface area contributed by atoms with Crippen molar-refractivity contribution in [3.63, 3.8) is 0 Å². The van der Waals surface area contributed by atoms with Gasteiger partial charge in [0.1, 0.15) is 11.5 Å². The maximum atomic E-state index is 4.94. The van der Waals surface area contributed by atoms with Crippen molar-refractivity contribution in [1.82, 2.24) is 19.6 Å². The third-order valence-electron chi connectivity index (χ3n) is 6.71. The molecule has 6 heteroatoms. The lowest BCUT2D eigenvalue weighted by molar-refractivity contribution is 0.113. The van der Waals surface area contributed by atoms with Crippen LogP contribution in [0.15, 0.2) is 52.5 Å². The van der Waals surface area contributed by atoms with Crippen LogP contribution in [0.5, 0.6) is 0 Å². The Hall–Kier alpha value is -2.73. The van der Waals surface area contributed by atoms with E-state index in [-0.39, 0.29) is 11.1 Å². The largest absolute Gasteiger partial charge is 0.360 e. The highest BCUT2D eigenvalue weighted by Crippen LogP contribution is 2.31. The summed E-state index contributed by atoms with van der Waals surface area (Å²) in [7, 11) is 2.16. The van der Waals surface area contributed by atoms with Gasteiger partial charge in [-0.1, -0.05) is 6.58 Å². The average molecular weight is 463 g/mol. The smallest absolute Gasteiger partial charge is 0.139 e. The second-order valence-corrected chi connectivity index (χ2v) is 11.1. The van der Waals surface area contributed by atoms with Gasteiger partial charge in [0.05, 0.1) is 22.8 Å². The second-order valence-electron chi connectivity index (χ2n) is 11.1. The van der Waals surface area contributed by atoms with Crippen LogP contribution in [0, 0.1) is 13.8 Å². The maximum Gasteiger partial charge on any atom is 0.139 e. The van der Waals surface area contributed by atoms with Gasteiger partial charge in [0.15, 0.2) is 0 Å². The van der Waals surface area contributed by atoms with E-state index in [1.807, 2.05) is 33.0 Å². The predicted octanol–water partition coefficient (Wildman–Crippen LogP) is 5.84. The Morgan fingerprint density at radius 2 is 1.68 bits per heavy atom. The van der Waals surface area contributed by atoms with Gasteiger partial charge in [-0.15, -0.1) is 0 Å². The van der Waals surface area contributed by atoms with E-state index in [4.69, 9.17) is 9.98 Å². The molecule has 0 radical (unpaired) electrons. The first-order valence-electron chi connectivity index (χ1n) is 12.1. The first kappa shape index (κ1) is 25.9. The first-order chi connectivity index (χ1) is 15.7. The highest BCUT2D eigenvalue weighted by atomic mass is 15.2. The number of nitrogens with one attached hydrogen (secondary N) is 1. The van der Waals surface area contributed by atoms with Gasteiger partial charge >= 0.3 is 0 Å². The molecule has 184 valence electrons. The third-order valence-corrected chi connectivity index (χ3v) is 6.71. The molecule has 3 heterocycles. The number of nitrogens with zero attached hydrogens (tertiary/aromatic N) is 5. The van der Waals surface area contributed by atoms with Gasteiger partial charge in [0.2, 0.25) is 0 Å². The Kier molecular flexibility index (Phi) is 7.23. The van der Waals surface area contributed by atoms with E-state index in [0.717, 1.165) is 58.3 Å². The van der Waals surface area contributed by atoms with Crippen LogP contribution in [0.1, 0.15) is 78.1 Å². The number of piperidine rings is 1. The number of aromatic nitrogens is 2. The van der Waals surface area contributed by atoms with Crippen LogP contribution in [-0.4, -0.2) is 50.0 Å². The number of allylic oxidation sites excluding steroid dienone is 3. The first-order valence-corrected chi connectivity index (χ1v) is 12.1. The van der Waals surface area contributed by atoms with Gasteiger partial charge in [0.25, 0.3) is 0 Å². The lowest BCUT2D eigenvalue weighted by atomic mass is 9.79. The van der Waals surface area contributed by atoms with Crippen molar-refractivity contribution in [1.29, 1.82) is 0 Å². The number of amidine groups is 1. The van der Waals surface area contributed by atoms with Crippen molar-refractivity contribution in [3.05, 3.63) is 59.3 Å². The molecule has 34 heavy (non-hydrogen) atoms. The number of imidazole rings is 1. The number of hydrogen-bond donors (Lipinski definition) is 1. The summed E-state index contributed by atoms with van der Waals surface area (Å²) in [6.45, 7) is 23.4. The molecule has 3 rings (SSSR count). The van der Waals surface area contributed by atoms with Gasteiger partial charge in [-0.25, -0.2) is 9.98 Å². The Balaban J connectivity index is 1.88. The number of aryl methyl sites for hydroxylation is 2. The average Bonchev–Trinajstić information content (AvgIpc) is 3.09. The SMILES string of the molecule is C=CC(=N/C(C)=C(\C)N=C(C)N(C)C1CC(C)(C)NC(C)(C)C1)c1cc(C)c2nc(C)cn2c1. The molecule has 0 unspecified atom stereocenters. The minimum atomic E-state index is 0.0952. The summed E-state index contributed by atoms with van der Waals surface area (Å²) in [5.41, 5.74) is 6.91. The van der Waals surface area contributed by atoms with Gasteiger partial charge in [-0.3, -0.25) is 4.99 Å². The van der Waals surface area contributed by atoms with E-state index in [2.05, 4.69) is 87.0 Å². The van der Waals surface area contributed by atoms with Crippen LogP contribution in [0.2, 0.25) is 0 Å². The van der Waals surface area contributed by atoms with Crippen molar-refractivity contribution in [3.8, 4) is 0 Å². The van der Waals surface area contributed by atoms with E-state index in [0.29, 0.717) is 6.04 Å². The van der Waals surface area contributed by atoms with Gasteiger partial charge in [-0.2, -0.15) is 0 Å². The molecule has 0 aromatic carbocycles. The monoisotopic (exact) mass is 462 g/mol. The summed E-state index contributed by atoms with van der Waals surface area (Å²) in [6, 6.07) is 2.55. The molecule has 1 aliphatic heterocycles. The predicted molar refractivity (Wildman–Crippen MR) is 145 cm³/mol. The minimum Gasteiger partial charge on any atom is -0.360 e. The summed E-state index contributed by atoms with van der Waals surface area (Å²) in [5.74, 6) is 1.01. The fourth-order valence-electron chi connectivity index (χ4n) is 5.23. The molecule has 2 aromatic heterocycles. The maximum absolute atomic E-state index is 4.94. The third kappa shape index (κ3) is 5.84. The number of aliphatic imine (C=N–C) groups is 2. The Labute approximate surface area is 205 Å². The molecular formula is C28H42N6. The Morgan fingerprint density at radius 1 is 1.09 bits per heavy atom. The van der Waals surface area contributed by atoms with Crippen molar-refractivity contribution in [2.24, 2.45) is 9.98 Å². The molecule has 0 amide bonds. The van der Waals surface area contributed by atoms with E-state index in [1.54, 1.807) is 0 Å². The molecule has 6 nitrogen and oxygen atoms in total. The van der Waals surface area contributed by atoms with E-state index in [9.17, 15) is 0 Å². The molecule has 0 atom stereocenters. The van der Waals surface area contributed by atoms with Gasteiger partial charge in [0, 0.05) is 42.1 Å². The fraction of sp³-hybridized carbons (Fsp3) is 0.536. The molecule has 0 aliphatic carbocycles. The summed E-state index contributed by atoms with van der Waals surface area (Å²) in [6.07, 6.45) is 8.07. The van der Waals surface area contributed by atoms with Crippen molar-refractivity contribution < 1.29 is 0 Å². The van der Waals surface area contributed by atoms with Crippen molar-refractivity contribution >= 4 is 17.2 Å². The highest BCUT2D eigenvalue weighted by Gasteiger charge is 2.39. The molecule has 1 aliphatic rings. The summed E-state index contributed by atoms with van der Waals surface area (Å²) in [5, 5.41) is 3.77. The lowest BCUT2D eigenvalue weighted by Crippen LogP contribution is -2.62. The zero-order valence-corrected chi connectivity index (χ0v) is 22.7. The summed E-state index contributed by atoms with van der Waals surface area (Å²) >= 11 is 0. The normalized spacial score (nSPS) is 19.8. The molecule has 0 bridgehead atoms. The van der Waals surface area contributed by atoms with Crippen LogP contribution < -0.4 is 5.32 Å².